The highest BCUT2D eigenvalue weighted by Crippen LogP contribution is 2.34. The van der Waals surface area contributed by atoms with Crippen LogP contribution in [0.15, 0.2) is 24.4 Å². The number of H-pyrrole nitrogens is 1. The maximum absolute atomic E-state index is 13.2. The third kappa shape index (κ3) is 2.70. The van der Waals surface area contributed by atoms with Crippen LogP contribution in [0.25, 0.3) is 10.9 Å². The zero-order valence-corrected chi connectivity index (χ0v) is 12.8. The van der Waals surface area contributed by atoms with E-state index in [1.54, 1.807) is 17.3 Å². The maximum atomic E-state index is 13.2. The van der Waals surface area contributed by atoms with Crippen LogP contribution < -0.4 is 0 Å². The highest BCUT2D eigenvalue weighted by Gasteiger charge is 2.28. The molecule has 1 aromatic carbocycles. The van der Waals surface area contributed by atoms with E-state index >= 15 is 0 Å². The molecule has 0 saturated carbocycles. The summed E-state index contributed by atoms with van der Waals surface area (Å²) in [5.41, 5.74) is 1.96. The zero-order valence-electron chi connectivity index (χ0n) is 12.0. The predicted octanol–water partition coefficient (Wildman–Crippen LogP) is 2.84. The van der Waals surface area contributed by atoms with Crippen LogP contribution >= 0.6 is 0 Å². The molecule has 21 heavy (non-hydrogen) atoms. The molecule has 1 aromatic heterocycles. The number of rotatable bonds is 3. The van der Waals surface area contributed by atoms with E-state index in [4.69, 9.17) is 0 Å². The fourth-order valence-electron chi connectivity index (χ4n) is 3.09. The van der Waals surface area contributed by atoms with E-state index in [2.05, 4.69) is 4.98 Å². The van der Waals surface area contributed by atoms with Crippen LogP contribution in [-0.2, 0) is 10.0 Å². The first-order valence-corrected chi connectivity index (χ1v) is 8.86. The summed E-state index contributed by atoms with van der Waals surface area (Å²) in [7, 11) is -3.09. The van der Waals surface area contributed by atoms with E-state index in [-0.39, 0.29) is 11.6 Å². The van der Waals surface area contributed by atoms with Gasteiger partial charge in [-0.05, 0) is 49.4 Å². The molecule has 1 N–H and O–H groups in total. The van der Waals surface area contributed by atoms with Crippen molar-refractivity contribution >= 4 is 20.9 Å². The second-order valence-electron chi connectivity index (χ2n) is 5.51. The van der Waals surface area contributed by atoms with Crippen molar-refractivity contribution in [2.75, 3.05) is 18.8 Å². The van der Waals surface area contributed by atoms with E-state index in [1.807, 2.05) is 6.20 Å². The third-order valence-corrected chi connectivity index (χ3v) is 6.21. The van der Waals surface area contributed by atoms with Gasteiger partial charge < -0.3 is 4.98 Å². The van der Waals surface area contributed by atoms with Crippen LogP contribution in [0.4, 0.5) is 4.39 Å². The Kier molecular flexibility index (Phi) is 3.75. The van der Waals surface area contributed by atoms with Crippen molar-refractivity contribution in [2.24, 2.45) is 0 Å². The minimum Gasteiger partial charge on any atom is -0.361 e. The van der Waals surface area contributed by atoms with Gasteiger partial charge in [0.2, 0.25) is 10.0 Å². The van der Waals surface area contributed by atoms with Crippen LogP contribution in [0.5, 0.6) is 0 Å². The molecule has 0 spiro atoms. The lowest BCUT2D eigenvalue weighted by Crippen LogP contribution is -2.38. The summed E-state index contributed by atoms with van der Waals surface area (Å²) in [5.74, 6) is 0.233. The van der Waals surface area contributed by atoms with Crippen molar-refractivity contribution in [3.8, 4) is 0 Å². The predicted molar refractivity (Wildman–Crippen MR) is 81.3 cm³/mol. The van der Waals surface area contributed by atoms with Gasteiger partial charge in [0, 0.05) is 30.2 Å². The number of hydrogen-bond acceptors (Lipinski definition) is 2. The normalized spacial score (nSPS) is 18.4. The average molecular weight is 310 g/mol. The molecule has 2 aromatic rings. The number of hydrogen-bond donors (Lipinski definition) is 1. The Labute approximate surface area is 124 Å². The number of nitrogens with zero attached hydrogens (tertiary/aromatic N) is 1. The largest absolute Gasteiger partial charge is 0.361 e. The van der Waals surface area contributed by atoms with Gasteiger partial charge in [-0.1, -0.05) is 0 Å². The summed E-state index contributed by atoms with van der Waals surface area (Å²) in [5, 5.41) is 1.04. The number of fused-ring (bicyclic) bond motifs is 1. The second kappa shape index (κ2) is 5.42. The molecule has 0 unspecified atom stereocenters. The molecule has 0 amide bonds. The smallest absolute Gasteiger partial charge is 0.213 e. The monoisotopic (exact) mass is 310 g/mol. The summed E-state index contributed by atoms with van der Waals surface area (Å²) in [6.45, 7) is 2.80. The Morgan fingerprint density at radius 1 is 1.33 bits per heavy atom. The molecule has 114 valence electrons. The Morgan fingerprint density at radius 3 is 2.71 bits per heavy atom. The van der Waals surface area contributed by atoms with Crippen LogP contribution in [-0.4, -0.2) is 36.5 Å². The van der Waals surface area contributed by atoms with Crippen LogP contribution in [0.1, 0.15) is 31.2 Å². The van der Waals surface area contributed by atoms with Crippen LogP contribution in [0.2, 0.25) is 0 Å². The fourth-order valence-corrected chi connectivity index (χ4v) is 4.22. The number of sulfonamides is 1. The molecule has 1 aliphatic rings. The summed E-state index contributed by atoms with van der Waals surface area (Å²) in [6, 6.07) is 4.76. The van der Waals surface area contributed by atoms with Crippen molar-refractivity contribution in [2.45, 2.75) is 25.7 Å². The summed E-state index contributed by atoms with van der Waals surface area (Å²) >= 11 is 0. The molecule has 4 nitrogen and oxygen atoms in total. The molecule has 6 heteroatoms. The number of aromatic nitrogens is 1. The zero-order chi connectivity index (χ0) is 15.0. The van der Waals surface area contributed by atoms with Gasteiger partial charge in [-0.25, -0.2) is 17.1 Å². The molecular weight excluding hydrogens is 291 g/mol. The SMILES string of the molecule is CCS(=O)(=O)N1CCC(c2c[nH]c3cc(F)ccc23)CC1. The standard InChI is InChI=1S/C15H19FN2O2S/c1-2-21(19,20)18-7-5-11(6-8-18)14-10-17-15-9-12(16)3-4-13(14)15/h3-4,9-11,17H,2,5-8H2,1H3. The van der Waals surface area contributed by atoms with Crippen molar-refractivity contribution in [1.82, 2.24) is 9.29 Å². The van der Waals surface area contributed by atoms with E-state index in [0.717, 1.165) is 23.7 Å². The van der Waals surface area contributed by atoms with Gasteiger partial charge in [-0.15, -0.1) is 0 Å². The number of piperidine rings is 1. The lowest BCUT2D eigenvalue weighted by Gasteiger charge is -2.30. The van der Waals surface area contributed by atoms with Gasteiger partial charge in [0.25, 0.3) is 0 Å². The Hall–Kier alpha value is -1.40. The Morgan fingerprint density at radius 2 is 2.05 bits per heavy atom. The molecule has 0 aliphatic carbocycles. The van der Waals surface area contributed by atoms with E-state index in [9.17, 15) is 12.8 Å². The molecule has 3 rings (SSSR count). The van der Waals surface area contributed by atoms with Crippen molar-refractivity contribution in [3.05, 3.63) is 35.8 Å². The topological polar surface area (TPSA) is 53.2 Å². The first-order valence-electron chi connectivity index (χ1n) is 7.25. The summed E-state index contributed by atoms with van der Waals surface area (Å²) in [6.07, 6.45) is 3.55. The number of nitrogens with one attached hydrogen (secondary N) is 1. The van der Waals surface area contributed by atoms with Gasteiger partial charge in [0.05, 0.1) is 5.75 Å². The lowest BCUT2D eigenvalue weighted by molar-refractivity contribution is 0.321. The highest BCUT2D eigenvalue weighted by molar-refractivity contribution is 7.89. The minimum atomic E-state index is -3.09. The molecule has 1 saturated heterocycles. The van der Waals surface area contributed by atoms with Crippen molar-refractivity contribution < 1.29 is 12.8 Å². The minimum absolute atomic E-state index is 0.157. The van der Waals surface area contributed by atoms with Gasteiger partial charge >= 0.3 is 0 Å². The molecule has 0 radical (unpaired) electrons. The Balaban J connectivity index is 1.80. The van der Waals surface area contributed by atoms with Gasteiger partial charge in [-0.2, -0.15) is 0 Å². The summed E-state index contributed by atoms with van der Waals surface area (Å²) < 4.78 is 38.5. The van der Waals surface area contributed by atoms with Crippen molar-refractivity contribution in [1.29, 1.82) is 0 Å². The Bertz CT molecular complexity index is 746. The quantitative estimate of drug-likeness (QED) is 0.948. The first-order chi connectivity index (χ1) is 10.0. The van der Waals surface area contributed by atoms with E-state index in [1.165, 1.54) is 17.7 Å². The molecule has 2 heterocycles. The number of benzene rings is 1. The molecular formula is C15H19FN2O2S. The lowest BCUT2D eigenvalue weighted by atomic mass is 9.90. The van der Waals surface area contributed by atoms with Crippen molar-refractivity contribution in [3.63, 3.8) is 0 Å². The molecule has 1 fully saturated rings. The van der Waals surface area contributed by atoms with E-state index < -0.39 is 10.0 Å². The maximum Gasteiger partial charge on any atom is 0.213 e. The van der Waals surface area contributed by atoms with Crippen LogP contribution in [0.3, 0.4) is 0 Å². The van der Waals surface area contributed by atoms with Gasteiger partial charge in [0.15, 0.2) is 0 Å². The molecule has 0 bridgehead atoms. The van der Waals surface area contributed by atoms with Gasteiger partial charge in [0.1, 0.15) is 5.82 Å². The third-order valence-electron chi connectivity index (χ3n) is 4.33. The average Bonchev–Trinajstić information content (AvgIpc) is 2.90. The number of halogens is 1. The summed E-state index contributed by atoms with van der Waals surface area (Å²) in [4.78, 5) is 3.11. The van der Waals surface area contributed by atoms with Crippen LogP contribution in [0, 0.1) is 5.82 Å². The first kappa shape index (κ1) is 14.5. The molecule has 1 aliphatic heterocycles. The highest BCUT2D eigenvalue weighted by atomic mass is 32.2. The van der Waals surface area contributed by atoms with Gasteiger partial charge in [-0.3, -0.25) is 0 Å². The number of aromatic amines is 1. The van der Waals surface area contributed by atoms with E-state index in [0.29, 0.717) is 19.0 Å². The fraction of sp³-hybridized carbons (Fsp3) is 0.467. The second-order valence-corrected chi connectivity index (χ2v) is 7.77. The molecule has 0 atom stereocenters.